The highest BCUT2D eigenvalue weighted by atomic mass is 16.3. The van der Waals surface area contributed by atoms with Crippen LogP contribution in [0, 0.1) is 12.8 Å². The zero-order chi connectivity index (χ0) is 12.1. The molecule has 0 aromatic carbocycles. The minimum absolute atomic E-state index is 0.0425. The first-order valence-electron chi connectivity index (χ1n) is 5.39. The molecule has 0 radical (unpaired) electrons. The normalized spacial score (nSPS) is 14.2. The van der Waals surface area contributed by atoms with E-state index >= 15 is 0 Å². The van der Waals surface area contributed by atoms with Crippen molar-refractivity contribution in [3.63, 3.8) is 0 Å². The molecule has 2 atom stereocenters. The van der Waals surface area contributed by atoms with Gasteiger partial charge in [-0.3, -0.25) is 9.78 Å². The van der Waals surface area contributed by atoms with Gasteiger partial charge in [-0.25, -0.2) is 0 Å². The van der Waals surface area contributed by atoms with Crippen LogP contribution in [0.15, 0.2) is 18.3 Å². The minimum Gasteiger partial charge on any atom is -0.396 e. The third-order valence-corrected chi connectivity index (χ3v) is 2.75. The van der Waals surface area contributed by atoms with Crippen LogP contribution in [-0.2, 0) is 0 Å². The van der Waals surface area contributed by atoms with Gasteiger partial charge in [0.2, 0.25) is 0 Å². The first kappa shape index (κ1) is 12.6. The van der Waals surface area contributed by atoms with Gasteiger partial charge in [0, 0.05) is 24.5 Å². The summed E-state index contributed by atoms with van der Waals surface area (Å²) in [5, 5.41) is 11.8. The van der Waals surface area contributed by atoms with Gasteiger partial charge in [-0.05, 0) is 31.9 Å². The van der Waals surface area contributed by atoms with Crippen molar-refractivity contribution < 1.29 is 9.90 Å². The summed E-state index contributed by atoms with van der Waals surface area (Å²) in [5.74, 6) is -0.0978. The molecule has 0 aliphatic heterocycles. The van der Waals surface area contributed by atoms with E-state index in [2.05, 4.69) is 10.3 Å². The Hall–Kier alpha value is -1.42. The maximum Gasteiger partial charge on any atom is 0.253 e. The fraction of sp³-hybridized carbons (Fsp3) is 0.500. The van der Waals surface area contributed by atoms with Gasteiger partial charge in [-0.1, -0.05) is 6.92 Å². The molecule has 0 saturated carbocycles. The molecule has 0 spiro atoms. The van der Waals surface area contributed by atoms with Crippen molar-refractivity contribution in [3.8, 4) is 0 Å². The molecule has 1 aromatic heterocycles. The van der Waals surface area contributed by atoms with Crippen LogP contribution in [0.25, 0.3) is 0 Å². The van der Waals surface area contributed by atoms with Crippen LogP contribution in [0.5, 0.6) is 0 Å². The van der Waals surface area contributed by atoms with Crippen molar-refractivity contribution in [2.75, 3.05) is 6.61 Å². The molecule has 88 valence electrons. The van der Waals surface area contributed by atoms with Crippen molar-refractivity contribution in [3.05, 3.63) is 29.6 Å². The molecule has 1 rings (SSSR count). The summed E-state index contributed by atoms with van der Waals surface area (Å²) in [6.07, 6.45) is 1.66. The number of aryl methyl sites for hydroxylation is 1. The second-order valence-electron chi connectivity index (χ2n) is 4.06. The van der Waals surface area contributed by atoms with Gasteiger partial charge >= 0.3 is 0 Å². The molecule has 2 unspecified atom stereocenters. The van der Waals surface area contributed by atoms with Gasteiger partial charge in [0.1, 0.15) is 0 Å². The Bertz CT molecular complexity index is 366. The number of carbonyl (C=O) groups excluding carboxylic acids is 1. The summed E-state index contributed by atoms with van der Waals surface area (Å²) in [4.78, 5) is 15.9. The standard InChI is InChI=1S/C12H18N2O2/c1-8(7-15)9(2)14-12(16)11-5-4-6-13-10(11)3/h4-6,8-9,15H,7H2,1-3H3,(H,14,16). The largest absolute Gasteiger partial charge is 0.396 e. The van der Waals surface area contributed by atoms with Gasteiger partial charge in [0.25, 0.3) is 5.91 Å². The van der Waals surface area contributed by atoms with Crippen LogP contribution in [-0.4, -0.2) is 28.6 Å². The Morgan fingerprint density at radius 3 is 2.81 bits per heavy atom. The summed E-state index contributed by atoms with van der Waals surface area (Å²) in [6.45, 7) is 5.63. The number of aliphatic hydroxyl groups excluding tert-OH is 1. The van der Waals surface area contributed by atoms with Crippen molar-refractivity contribution in [2.45, 2.75) is 26.8 Å². The van der Waals surface area contributed by atoms with Gasteiger partial charge in [-0.15, -0.1) is 0 Å². The predicted octanol–water partition coefficient (Wildman–Crippen LogP) is 1.14. The fourth-order valence-corrected chi connectivity index (χ4v) is 1.31. The topological polar surface area (TPSA) is 62.2 Å². The van der Waals surface area contributed by atoms with E-state index < -0.39 is 0 Å². The Kier molecular flexibility index (Phi) is 4.43. The number of aliphatic hydroxyl groups is 1. The van der Waals surface area contributed by atoms with Gasteiger partial charge in [0.15, 0.2) is 0 Å². The smallest absolute Gasteiger partial charge is 0.253 e. The van der Waals surface area contributed by atoms with Gasteiger partial charge in [0.05, 0.1) is 5.56 Å². The monoisotopic (exact) mass is 222 g/mol. The lowest BCUT2D eigenvalue weighted by atomic mass is 10.0. The molecule has 0 aliphatic carbocycles. The molecule has 4 nitrogen and oxygen atoms in total. The zero-order valence-electron chi connectivity index (χ0n) is 9.90. The molecule has 16 heavy (non-hydrogen) atoms. The molecule has 4 heteroatoms. The number of aromatic nitrogens is 1. The van der Waals surface area contributed by atoms with E-state index in [9.17, 15) is 4.79 Å². The fourth-order valence-electron chi connectivity index (χ4n) is 1.31. The van der Waals surface area contributed by atoms with Crippen molar-refractivity contribution in [1.29, 1.82) is 0 Å². The highest BCUT2D eigenvalue weighted by Gasteiger charge is 2.16. The third-order valence-electron chi connectivity index (χ3n) is 2.75. The lowest BCUT2D eigenvalue weighted by molar-refractivity contribution is 0.0915. The molecule has 0 fully saturated rings. The Labute approximate surface area is 95.7 Å². The highest BCUT2D eigenvalue weighted by Crippen LogP contribution is 2.06. The first-order chi connectivity index (χ1) is 7.56. The van der Waals surface area contributed by atoms with Gasteiger partial charge < -0.3 is 10.4 Å². The molecular weight excluding hydrogens is 204 g/mol. The number of pyridine rings is 1. The van der Waals surface area contributed by atoms with Crippen LogP contribution < -0.4 is 5.32 Å². The molecule has 0 bridgehead atoms. The van der Waals surface area contributed by atoms with Gasteiger partial charge in [-0.2, -0.15) is 0 Å². The molecule has 2 N–H and O–H groups in total. The van der Waals surface area contributed by atoms with E-state index in [0.717, 1.165) is 0 Å². The van der Waals surface area contributed by atoms with E-state index in [1.54, 1.807) is 25.3 Å². The lowest BCUT2D eigenvalue weighted by Gasteiger charge is -2.19. The summed E-state index contributed by atoms with van der Waals surface area (Å²) in [5.41, 5.74) is 1.29. The Morgan fingerprint density at radius 2 is 2.25 bits per heavy atom. The molecule has 1 heterocycles. The highest BCUT2D eigenvalue weighted by molar-refractivity contribution is 5.95. The average molecular weight is 222 g/mol. The average Bonchev–Trinajstić information content (AvgIpc) is 2.28. The van der Waals surface area contributed by atoms with Crippen molar-refractivity contribution in [2.24, 2.45) is 5.92 Å². The minimum atomic E-state index is -0.140. The number of nitrogens with zero attached hydrogens (tertiary/aromatic N) is 1. The maximum absolute atomic E-state index is 11.9. The van der Waals surface area contributed by atoms with E-state index in [1.165, 1.54) is 0 Å². The second kappa shape index (κ2) is 5.61. The summed E-state index contributed by atoms with van der Waals surface area (Å²) in [7, 11) is 0. The van der Waals surface area contributed by atoms with Crippen LogP contribution in [0.1, 0.15) is 29.9 Å². The lowest BCUT2D eigenvalue weighted by Crippen LogP contribution is -2.38. The number of nitrogens with one attached hydrogen (secondary N) is 1. The quantitative estimate of drug-likeness (QED) is 0.803. The molecular formula is C12H18N2O2. The zero-order valence-corrected chi connectivity index (χ0v) is 9.90. The first-order valence-corrected chi connectivity index (χ1v) is 5.39. The van der Waals surface area contributed by atoms with E-state index in [0.29, 0.717) is 11.3 Å². The van der Waals surface area contributed by atoms with E-state index in [4.69, 9.17) is 5.11 Å². The van der Waals surface area contributed by atoms with Crippen molar-refractivity contribution >= 4 is 5.91 Å². The van der Waals surface area contributed by atoms with Crippen LogP contribution in [0.3, 0.4) is 0 Å². The van der Waals surface area contributed by atoms with Crippen LogP contribution in [0.4, 0.5) is 0 Å². The number of carbonyl (C=O) groups is 1. The molecule has 1 aromatic rings. The Morgan fingerprint density at radius 1 is 1.56 bits per heavy atom. The van der Waals surface area contributed by atoms with E-state index in [-0.39, 0.29) is 24.5 Å². The summed E-state index contributed by atoms with van der Waals surface area (Å²) >= 11 is 0. The molecule has 0 aliphatic rings. The number of amides is 1. The van der Waals surface area contributed by atoms with E-state index in [1.807, 2.05) is 13.8 Å². The SMILES string of the molecule is Cc1ncccc1C(=O)NC(C)C(C)CO. The number of rotatable bonds is 4. The maximum atomic E-state index is 11.9. The summed E-state index contributed by atoms with van der Waals surface area (Å²) < 4.78 is 0. The number of hydrogen-bond acceptors (Lipinski definition) is 3. The Balaban J connectivity index is 2.70. The van der Waals surface area contributed by atoms with Crippen LogP contribution >= 0.6 is 0 Å². The van der Waals surface area contributed by atoms with Crippen LogP contribution in [0.2, 0.25) is 0 Å². The predicted molar refractivity (Wildman–Crippen MR) is 62.2 cm³/mol. The number of hydrogen-bond donors (Lipinski definition) is 2. The molecule has 1 amide bonds. The summed E-state index contributed by atoms with van der Waals surface area (Å²) in [6, 6.07) is 3.42. The third kappa shape index (κ3) is 3.03. The second-order valence-corrected chi connectivity index (χ2v) is 4.06. The van der Waals surface area contributed by atoms with Crippen molar-refractivity contribution in [1.82, 2.24) is 10.3 Å². The molecule has 0 saturated heterocycles.